The molecule has 0 fully saturated rings. The van der Waals surface area contributed by atoms with Crippen LogP contribution in [-0.2, 0) is 0 Å². The lowest BCUT2D eigenvalue weighted by Gasteiger charge is -1.98. The first-order valence-electron chi connectivity index (χ1n) is 4.42. The van der Waals surface area contributed by atoms with Crippen molar-refractivity contribution in [3.8, 4) is 0 Å². The molecule has 0 saturated carbocycles. The fraction of sp³-hybridized carbons (Fsp3) is 0.300. The summed E-state index contributed by atoms with van der Waals surface area (Å²) in [6.45, 7) is 3.95. The topological polar surface area (TPSA) is 24.9 Å². The number of hydrogen-bond acceptors (Lipinski definition) is 2. The van der Waals surface area contributed by atoms with Gasteiger partial charge in [-0.2, -0.15) is 0 Å². The number of hydrogen-bond donors (Lipinski definition) is 1. The largest absolute Gasteiger partial charge is 0.314 e. The van der Waals surface area contributed by atoms with E-state index in [9.17, 15) is 0 Å². The first kappa shape index (κ1) is 11.9. The zero-order valence-electron chi connectivity index (χ0n) is 7.93. The van der Waals surface area contributed by atoms with Crippen LogP contribution < -0.4 is 5.32 Å². The van der Waals surface area contributed by atoms with Gasteiger partial charge in [0.15, 0.2) is 0 Å². The summed E-state index contributed by atoms with van der Waals surface area (Å²) in [5.74, 6) is 0. The third-order valence-corrected chi connectivity index (χ3v) is 2.69. The Labute approximate surface area is 101 Å². The van der Waals surface area contributed by atoms with Crippen LogP contribution in [0.4, 0.5) is 0 Å². The summed E-state index contributed by atoms with van der Waals surface area (Å²) in [6.07, 6.45) is 5.85. The summed E-state index contributed by atoms with van der Waals surface area (Å²) < 4.78 is 1.98. The number of aromatic nitrogens is 1. The summed E-state index contributed by atoms with van der Waals surface area (Å²) >= 11 is 6.81. The molecule has 14 heavy (non-hydrogen) atoms. The van der Waals surface area contributed by atoms with E-state index in [1.807, 2.05) is 12.1 Å². The van der Waals surface area contributed by atoms with Crippen LogP contribution in [0.25, 0.3) is 6.08 Å². The molecule has 0 radical (unpaired) electrons. The molecule has 0 atom stereocenters. The van der Waals surface area contributed by atoms with Gasteiger partial charge in [-0.1, -0.05) is 13.0 Å². The van der Waals surface area contributed by atoms with Crippen LogP contribution >= 0.6 is 31.9 Å². The Morgan fingerprint density at radius 2 is 2.29 bits per heavy atom. The van der Waals surface area contributed by atoms with Gasteiger partial charge in [-0.25, -0.2) is 0 Å². The number of rotatable bonds is 4. The number of nitrogens with zero attached hydrogens (tertiary/aromatic N) is 1. The van der Waals surface area contributed by atoms with E-state index >= 15 is 0 Å². The maximum atomic E-state index is 4.27. The zero-order chi connectivity index (χ0) is 10.4. The van der Waals surface area contributed by atoms with Crippen LogP contribution in [0, 0.1) is 0 Å². The summed E-state index contributed by atoms with van der Waals surface area (Å²) in [5.41, 5.74) is 0.950. The zero-order valence-corrected chi connectivity index (χ0v) is 11.1. The minimum atomic E-state index is 0.876. The normalized spacial score (nSPS) is 11.1. The highest BCUT2D eigenvalue weighted by Crippen LogP contribution is 2.20. The first-order chi connectivity index (χ1) is 6.74. The molecule has 0 aliphatic heterocycles. The van der Waals surface area contributed by atoms with E-state index in [2.05, 4.69) is 55.2 Å². The number of nitrogens with one attached hydrogen (secondary N) is 1. The number of pyridine rings is 1. The second-order valence-electron chi connectivity index (χ2n) is 2.73. The van der Waals surface area contributed by atoms with E-state index in [0.29, 0.717) is 0 Å². The molecule has 0 aliphatic rings. The quantitative estimate of drug-likeness (QED) is 0.862. The molecule has 1 N–H and O–H groups in total. The van der Waals surface area contributed by atoms with Gasteiger partial charge < -0.3 is 5.32 Å². The Balaban J connectivity index is 2.62. The van der Waals surface area contributed by atoms with Gasteiger partial charge in [0.25, 0.3) is 0 Å². The Morgan fingerprint density at radius 1 is 1.50 bits per heavy atom. The summed E-state index contributed by atoms with van der Waals surface area (Å²) in [7, 11) is 0. The molecule has 1 aromatic heterocycles. The van der Waals surface area contributed by atoms with E-state index in [1.54, 1.807) is 6.20 Å². The molecule has 76 valence electrons. The molecule has 0 aromatic carbocycles. The Bertz CT molecular complexity index is 324. The highest BCUT2D eigenvalue weighted by Gasteiger charge is 1.97. The molecule has 4 heteroatoms. The smallest absolute Gasteiger partial charge is 0.0769 e. The molecule has 0 bridgehead atoms. The Morgan fingerprint density at radius 3 is 2.93 bits per heavy atom. The molecule has 0 spiro atoms. The molecule has 2 nitrogen and oxygen atoms in total. The van der Waals surface area contributed by atoms with E-state index in [0.717, 1.165) is 27.7 Å². The first-order valence-corrected chi connectivity index (χ1v) is 6.01. The number of likely N-dealkylation sites (N-methyl/N-ethyl adjacent to an activating group) is 1. The van der Waals surface area contributed by atoms with Crippen LogP contribution in [0.2, 0.25) is 0 Å². The van der Waals surface area contributed by atoms with Gasteiger partial charge in [-0.3, -0.25) is 4.98 Å². The summed E-state index contributed by atoms with van der Waals surface area (Å²) in [4.78, 5) is 4.27. The molecule has 1 heterocycles. The van der Waals surface area contributed by atoms with Crippen molar-refractivity contribution in [2.75, 3.05) is 13.1 Å². The van der Waals surface area contributed by atoms with Gasteiger partial charge in [0, 0.05) is 21.7 Å². The maximum Gasteiger partial charge on any atom is 0.0769 e. The molecule has 0 aliphatic carbocycles. The van der Waals surface area contributed by atoms with Crippen molar-refractivity contribution >= 4 is 37.9 Å². The molecule has 1 aromatic rings. The lowest BCUT2D eigenvalue weighted by Crippen LogP contribution is -2.11. The fourth-order valence-electron chi connectivity index (χ4n) is 0.946. The van der Waals surface area contributed by atoms with E-state index < -0.39 is 0 Å². The maximum absolute atomic E-state index is 4.27. The molecule has 0 amide bonds. The third kappa shape index (κ3) is 3.90. The van der Waals surface area contributed by atoms with Crippen LogP contribution in [0.3, 0.4) is 0 Å². The average Bonchev–Trinajstić information content (AvgIpc) is 2.15. The molecule has 1 rings (SSSR count). The van der Waals surface area contributed by atoms with Crippen LogP contribution in [-0.4, -0.2) is 18.1 Å². The lowest BCUT2D eigenvalue weighted by molar-refractivity contribution is 0.801. The van der Waals surface area contributed by atoms with Gasteiger partial charge in [-0.05, 0) is 50.5 Å². The molecular weight excluding hydrogens is 308 g/mol. The van der Waals surface area contributed by atoms with E-state index in [4.69, 9.17) is 0 Å². The lowest BCUT2D eigenvalue weighted by atomic mass is 10.3. The van der Waals surface area contributed by atoms with Gasteiger partial charge >= 0.3 is 0 Å². The van der Waals surface area contributed by atoms with Crippen molar-refractivity contribution in [1.29, 1.82) is 0 Å². The van der Waals surface area contributed by atoms with Crippen molar-refractivity contribution < 1.29 is 0 Å². The van der Waals surface area contributed by atoms with Crippen molar-refractivity contribution in [3.05, 3.63) is 33.0 Å². The third-order valence-electron chi connectivity index (χ3n) is 1.62. The predicted molar refractivity (Wildman–Crippen MR) is 67.2 cm³/mol. The van der Waals surface area contributed by atoms with Crippen molar-refractivity contribution in [1.82, 2.24) is 10.3 Å². The minimum absolute atomic E-state index is 0.876. The summed E-state index contributed by atoms with van der Waals surface area (Å²) in [6, 6.07) is 1.99. The average molecular weight is 320 g/mol. The summed E-state index contributed by atoms with van der Waals surface area (Å²) in [5, 5.41) is 3.21. The van der Waals surface area contributed by atoms with Crippen molar-refractivity contribution in [2.24, 2.45) is 0 Å². The van der Waals surface area contributed by atoms with E-state index in [-0.39, 0.29) is 0 Å². The van der Waals surface area contributed by atoms with Crippen LogP contribution in [0.1, 0.15) is 12.6 Å². The van der Waals surface area contributed by atoms with Gasteiger partial charge in [-0.15, -0.1) is 0 Å². The molecule has 0 unspecified atom stereocenters. The van der Waals surface area contributed by atoms with Crippen molar-refractivity contribution in [2.45, 2.75) is 6.92 Å². The highest BCUT2D eigenvalue weighted by molar-refractivity contribution is 9.11. The van der Waals surface area contributed by atoms with E-state index in [1.165, 1.54) is 0 Å². The highest BCUT2D eigenvalue weighted by atomic mass is 79.9. The Hall–Kier alpha value is -0.190. The second kappa shape index (κ2) is 6.32. The predicted octanol–water partition coefficient (Wildman–Crippen LogP) is 3.23. The standard InChI is InChI=1S/C10H12Br2N2/c1-2-13-5-3-4-10-9(12)6-8(11)7-14-10/h3-4,6-7,13H,2,5H2,1H3/b4-3+. The minimum Gasteiger partial charge on any atom is -0.314 e. The SMILES string of the molecule is CCNC/C=C/c1ncc(Br)cc1Br. The van der Waals surface area contributed by atoms with Crippen molar-refractivity contribution in [3.63, 3.8) is 0 Å². The van der Waals surface area contributed by atoms with Gasteiger partial charge in [0.05, 0.1) is 5.69 Å². The van der Waals surface area contributed by atoms with Crippen LogP contribution in [0.5, 0.6) is 0 Å². The number of halogens is 2. The van der Waals surface area contributed by atoms with Gasteiger partial charge in [0.2, 0.25) is 0 Å². The Kier molecular flexibility index (Phi) is 5.37. The monoisotopic (exact) mass is 318 g/mol. The second-order valence-corrected chi connectivity index (χ2v) is 4.50. The van der Waals surface area contributed by atoms with Crippen LogP contribution in [0.15, 0.2) is 27.3 Å². The van der Waals surface area contributed by atoms with Gasteiger partial charge in [0.1, 0.15) is 0 Å². The fourth-order valence-corrected chi connectivity index (χ4v) is 2.07. The molecule has 0 saturated heterocycles. The molecular formula is C10H12Br2N2.